The number of carbonyl (C=O) groups is 1. The summed E-state index contributed by atoms with van der Waals surface area (Å²) < 4.78 is 9.95. The smallest absolute Gasteiger partial charge is 0.341 e. The zero-order valence-electron chi connectivity index (χ0n) is 10.6. The van der Waals surface area contributed by atoms with Gasteiger partial charge in [-0.1, -0.05) is 5.11 Å². The highest BCUT2D eigenvalue weighted by atomic mass is 32.2. The molecule has 0 aliphatic carbocycles. The number of azide groups is 1. The lowest BCUT2D eigenvalue weighted by atomic mass is 10.0. The Bertz CT molecular complexity index is 555. The van der Waals surface area contributed by atoms with E-state index in [0.29, 0.717) is 11.3 Å². The Labute approximate surface area is 114 Å². The average molecular weight is 279 g/mol. The molecular weight excluding hydrogens is 266 g/mol. The Hall–Kier alpha value is -1.85. The number of benzene rings is 1. The lowest BCUT2D eigenvalue weighted by Gasteiger charge is -2.23. The molecule has 0 aromatic heterocycles. The number of esters is 1. The summed E-state index contributed by atoms with van der Waals surface area (Å²) in [5.74, 6) is 0.848. The molecule has 1 unspecified atom stereocenters. The van der Waals surface area contributed by atoms with E-state index in [9.17, 15) is 4.79 Å². The number of hydrogen-bond acceptors (Lipinski definition) is 5. The zero-order chi connectivity index (χ0) is 13.8. The normalized spacial score (nSPS) is 17.1. The number of methoxy groups -OCH3 is 2. The summed E-state index contributed by atoms with van der Waals surface area (Å²) >= 11 is 1.63. The van der Waals surface area contributed by atoms with Crippen LogP contribution in [0.2, 0.25) is 0 Å². The van der Waals surface area contributed by atoms with Gasteiger partial charge in [0.25, 0.3) is 0 Å². The summed E-state index contributed by atoms with van der Waals surface area (Å²) in [7, 11) is 2.82. The third kappa shape index (κ3) is 2.62. The fourth-order valence-electron chi connectivity index (χ4n) is 2.02. The van der Waals surface area contributed by atoms with Crippen LogP contribution in [0.25, 0.3) is 10.4 Å². The van der Waals surface area contributed by atoms with E-state index in [4.69, 9.17) is 15.0 Å². The Morgan fingerprint density at radius 1 is 1.53 bits per heavy atom. The fraction of sp³-hybridized carbons (Fsp3) is 0.417. The number of thioether (sulfide) groups is 1. The van der Waals surface area contributed by atoms with E-state index >= 15 is 0 Å². The maximum atomic E-state index is 11.7. The largest absolute Gasteiger partial charge is 0.496 e. The van der Waals surface area contributed by atoms with Crippen LogP contribution in [-0.2, 0) is 4.74 Å². The predicted octanol–water partition coefficient (Wildman–Crippen LogP) is 3.33. The molecule has 0 N–H and O–H groups in total. The monoisotopic (exact) mass is 279 g/mol. The van der Waals surface area contributed by atoms with Crippen molar-refractivity contribution in [3.05, 3.63) is 33.7 Å². The molecule has 1 aliphatic rings. The molecule has 1 atom stereocenters. The first kappa shape index (κ1) is 13.6. The standard InChI is InChI=1S/C12H13N3O3S/c1-17-10-5-7-9(14-15-13)3-4-19-11(7)6-8(10)12(16)18-2/h5-6,9H,3-4H2,1-2H3. The molecule has 0 bridgehead atoms. The predicted molar refractivity (Wildman–Crippen MR) is 71.6 cm³/mol. The number of fused-ring (bicyclic) bond motifs is 1. The molecule has 1 aromatic rings. The third-order valence-electron chi connectivity index (χ3n) is 2.94. The molecule has 1 aliphatic heterocycles. The highest BCUT2D eigenvalue weighted by Crippen LogP contribution is 2.41. The van der Waals surface area contributed by atoms with Crippen molar-refractivity contribution in [1.82, 2.24) is 0 Å². The van der Waals surface area contributed by atoms with E-state index in [0.717, 1.165) is 22.6 Å². The van der Waals surface area contributed by atoms with Crippen LogP contribution in [0.4, 0.5) is 0 Å². The van der Waals surface area contributed by atoms with Crippen LogP contribution in [0.3, 0.4) is 0 Å². The summed E-state index contributed by atoms with van der Waals surface area (Å²) in [5.41, 5.74) is 9.89. The molecular formula is C12H13N3O3S. The molecule has 7 heteroatoms. The van der Waals surface area contributed by atoms with Crippen molar-refractivity contribution in [2.45, 2.75) is 17.4 Å². The summed E-state index contributed by atoms with van der Waals surface area (Å²) in [6.45, 7) is 0. The molecule has 0 saturated heterocycles. The zero-order valence-corrected chi connectivity index (χ0v) is 11.4. The Balaban J connectivity index is 2.53. The number of ether oxygens (including phenoxy) is 2. The van der Waals surface area contributed by atoms with Crippen molar-refractivity contribution in [2.75, 3.05) is 20.0 Å². The van der Waals surface area contributed by atoms with Crippen LogP contribution in [0, 0.1) is 0 Å². The first-order valence-electron chi connectivity index (χ1n) is 5.68. The minimum Gasteiger partial charge on any atom is -0.496 e. The highest BCUT2D eigenvalue weighted by Gasteiger charge is 2.24. The van der Waals surface area contributed by atoms with Crippen molar-refractivity contribution in [1.29, 1.82) is 0 Å². The fourth-order valence-corrected chi connectivity index (χ4v) is 3.14. The second kappa shape index (κ2) is 5.86. The molecule has 6 nitrogen and oxygen atoms in total. The maximum Gasteiger partial charge on any atom is 0.341 e. The first-order chi connectivity index (χ1) is 9.21. The van der Waals surface area contributed by atoms with Crippen LogP contribution in [0.15, 0.2) is 22.1 Å². The summed E-state index contributed by atoms with van der Waals surface area (Å²) in [4.78, 5) is 15.5. The van der Waals surface area contributed by atoms with Gasteiger partial charge in [0.05, 0.1) is 20.3 Å². The van der Waals surface area contributed by atoms with E-state index in [-0.39, 0.29) is 6.04 Å². The van der Waals surface area contributed by atoms with Crippen molar-refractivity contribution in [3.8, 4) is 5.75 Å². The number of nitrogens with zero attached hydrogens (tertiary/aromatic N) is 3. The molecule has 100 valence electrons. The Morgan fingerprint density at radius 2 is 2.32 bits per heavy atom. The quantitative estimate of drug-likeness (QED) is 0.367. The molecule has 0 amide bonds. The van der Waals surface area contributed by atoms with Gasteiger partial charge < -0.3 is 9.47 Å². The topological polar surface area (TPSA) is 84.3 Å². The third-order valence-corrected chi connectivity index (χ3v) is 4.04. The van der Waals surface area contributed by atoms with Crippen molar-refractivity contribution in [3.63, 3.8) is 0 Å². The minimum atomic E-state index is -0.439. The van der Waals surface area contributed by atoms with Gasteiger partial charge in [-0.15, -0.1) is 11.8 Å². The van der Waals surface area contributed by atoms with Gasteiger partial charge in [0.2, 0.25) is 0 Å². The SMILES string of the molecule is COC(=O)c1cc2c(cc1OC)C(N=[N+]=[N-])CCS2. The van der Waals surface area contributed by atoms with Gasteiger partial charge in [-0.05, 0) is 35.4 Å². The van der Waals surface area contributed by atoms with Gasteiger partial charge >= 0.3 is 5.97 Å². The van der Waals surface area contributed by atoms with Crippen LogP contribution in [0.1, 0.15) is 28.4 Å². The number of rotatable bonds is 3. The second-order valence-electron chi connectivity index (χ2n) is 3.94. The van der Waals surface area contributed by atoms with E-state index in [1.165, 1.54) is 14.2 Å². The van der Waals surface area contributed by atoms with Gasteiger partial charge in [-0.3, -0.25) is 0 Å². The van der Waals surface area contributed by atoms with Gasteiger partial charge in [0, 0.05) is 9.81 Å². The minimum absolute atomic E-state index is 0.207. The lowest BCUT2D eigenvalue weighted by molar-refractivity contribution is 0.0596. The summed E-state index contributed by atoms with van der Waals surface area (Å²) in [5, 5.41) is 3.79. The molecule has 2 rings (SSSR count). The average Bonchev–Trinajstić information content (AvgIpc) is 2.45. The highest BCUT2D eigenvalue weighted by molar-refractivity contribution is 7.99. The van der Waals surface area contributed by atoms with E-state index in [1.807, 2.05) is 0 Å². The Kier molecular flexibility index (Phi) is 4.19. The molecule has 19 heavy (non-hydrogen) atoms. The van der Waals surface area contributed by atoms with Crippen LogP contribution >= 0.6 is 11.8 Å². The summed E-state index contributed by atoms with van der Waals surface area (Å²) in [6.07, 6.45) is 0.780. The molecule has 1 heterocycles. The van der Waals surface area contributed by atoms with E-state index in [1.54, 1.807) is 23.9 Å². The second-order valence-corrected chi connectivity index (χ2v) is 5.08. The first-order valence-corrected chi connectivity index (χ1v) is 6.67. The van der Waals surface area contributed by atoms with Gasteiger partial charge in [-0.2, -0.15) is 0 Å². The van der Waals surface area contributed by atoms with Gasteiger partial charge in [0.15, 0.2) is 0 Å². The molecule has 0 radical (unpaired) electrons. The van der Waals surface area contributed by atoms with Crippen molar-refractivity contribution >= 4 is 17.7 Å². The van der Waals surface area contributed by atoms with Gasteiger partial charge in [-0.25, -0.2) is 4.79 Å². The number of hydrogen-bond donors (Lipinski definition) is 0. The van der Waals surface area contributed by atoms with Crippen LogP contribution in [-0.4, -0.2) is 25.9 Å². The van der Waals surface area contributed by atoms with Crippen LogP contribution in [0.5, 0.6) is 5.75 Å². The summed E-state index contributed by atoms with van der Waals surface area (Å²) in [6, 6.07) is 3.29. The van der Waals surface area contributed by atoms with Crippen molar-refractivity contribution in [2.24, 2.45) is 5.11 Å². The van der Waals surface area contributed by atoms with E-state index < -0.39 is 5.97 Å². The maximum absolute atomic E-state index is 11.7. The molecule has 0 spiro atoms. The van der Waals surface area contributed by atoms with Crippen molar-refractivity contribution < 1.29 is 14.3 Å². The molecule has 1 aromatic carbocycles. The molecule has 0 fully saturated rings. The number of carbonyl (C=O) groups excluding carboxylic acids is 1. The lowest BCUT2D eigenvalue weighted by Crippen LogP contribution is -2.10. The van der Waals surface area contributed by atoms with E-state index in [2.05, 4.69) is 10.0 Å². The molecule has 0 saturated carbocycles. The Morgan fingerprint density at radius 3 is 2.95 bits per heavy atom. The van der Waals surface area contributed by atoms with Crippen LogP contribution < -0.4 is 4.74 Å². The van der Waals surface area contributed by atoms with Gasteiger partial charge in [0.1, 0.15) is 11.3 Å².